The van der Waals surface area contributed by atoms with E-state index in [9.17, 15) is 5.11 Å². The molecular weight excluding hydrogens is 160 g/mol. The molecule has 3 aliphatic carbocycles. The molecule has 1 spiro atoms. The maximum atomic E-state index is 10.2. The van der Waals surface area contributed by atoms with Gasteiger partial charge in [-0.25, -0.2) is 0 Å². The first-order valence-electron chi connectivity index (χ1n) is 6.01. The second kappa shape index (κ2) is 2.73. The molecule has 0 aromatic heterocycles. The highest BCUT2D eigenvalue weighted by Crippen LogP contribution is 2.62. The van der Waals surface area contributed by atoms with E-state index in [1.54, 1.807) is 0 Å². The van der Waals surface area contributed by atoms with E-state index < -0.39 is 0 Å². The Morgan fingerprint density at radius 2 is 1.92 bits per heavy atom. The van der Waals surface area contributed by atoms with Crippen LogP contribution in [0.2, 0.25) is 0 Å². The third-order valence-electron chi connectivity index (χ3n) is 5.11. The third kappa shape index (κ3) is 0.971. The molecular formula is C12H20O. The van der Waals surface area contributed by atoms with Crippen LogP contribution in [0.25, 0.3) is 0 Å². The monoisotopic (exact) mass is 180 g/mol. The average Bonchev–Trinajstić information content (AvgIpc) is 2.50. The molecule has 4 unspecified atom stereocenters. The molecule has 0 heterocycles. The number of fused-ring (bicyclic) bond motifs is 1. The van der Waals surface area contributed by atoms with Crippen molar-refractivity contribution in [1.82, 2.24) is 0 Å². The minimum absolute atomic E-state index is 0.0793. The highest BCUT2D eigenvalue weighted by molar-refractivity contribution is 5.08. The quantitative estimate of drug-likeness (QED) is 0.607. The Hall–Kier alpha value is -0.0400. The van der Waals surface area contributed by atoms with E-state index in [2.05, 4.69) is 0 Å². The van der Waals surface area contributed by atoms with Crippen LogP contribution in [0, 0.1) is 17.3 Å². The molecule has 3 aliphatic rings. The SMILES string of the molecule is OC1C2CCC13CCCCCC3C2. The van der Waals surface area contributed by atoms with E-state index in [4.69, 9.17) is 0 Å². The van der Waals surface area contributed by atoms with Gasteiger partial charge in [-0.05, 0) is 49.4 Å². The third-order valence-corrected chi connectivity index (χ3v) is 5.11. The Morgan fingerprint density at radius 1 is 1.00 bits per heavy atom. The molecule has 0 aromatic carbocycles. The van der Waals surface area contributed by atoms with Gasteiger partial charge in [-0.15, -0.1) is 0 Å². The second-order valence-corrected chi connectivity index (χ2v) is 5.51. The molecule has 3 fully saturated rings. The van der Waals surface area contributed by atoms with Crippen molar-refractivity contribution in [2.24, 2.45) is 17.3 Å². The highest BCUT2D eigenvalue weighted by atomic mass is 16.3. The zero-order valence-corrected chi connectivity index (χ0v) is 8.34. The van der Waals surface area contributed by atoms with Crippen molar-refractivity contribution in [2.75, 3.05) is 0 Å². The summed E-state index contributed by atoms with van der Waals surface area (Å²) in [6, 6.07) is 0. The van der Waals surface area contributed by atoms with Crippen molar-refractivity contribution in [1.29, 1.82) is 0 Å². The Kier molecular flexibility index (Phi) is 1.74. The lowest BCUT2D eigenvalue weighted by atomic mass is 9.71. The highest BCUT2D eigenvalue weighted by Gasteiger charge is 2.58. The fraction of sp³-hybridized carbons (Fsp3) is 1.00. The van der Waals surface area contributed by atoms with Crippen molar-refractivity contribution in [3.8, 4) is 0 Å². The fourth-order valence-corrected chi connectivity index (χ4v) is 4.43. The largest absolute Gasteiger partial charge is 0.392 e. The van der Waals surface area contributed by atoms with Crippen LogP contribution in [0.15, 0.2) is 0 Å². The summed E-state index contributed by atoms with van der Waals surface area (Å²) in [5.74, 6) is 1.58. The van der Waals surface area contributed by atoms with Gasteiger partial charge in [0.05, 0.1) is 6.10 Å². The van der Waals surface area contributed by atoms with Crippen LogP contribution in [0.5, 0.6) is 0 Å². The zero-order valence-electron chi connectivity index (χ0n) is 8.34. The van der Waals surface area contributed by atoms with Gasteiger partial charge >= 0.3 is 0 Å². The van der Waals surface area contributed by atoms with Crippen molar-refractivity contribution in [3.05, 3.63) is 0 Å². The summed E-state index contributed by atoms with van der Waals surface area (Å²) < 4.78 is 0. The minimum Gasteiger partial charge on any atom is -0.392 e. The van der Waals surface area contributed by atoms with Crippen molar-refractivity contribution >= 4 is 0 Å². The van der Waals surface area contributed by atoms with E-state index in [0.717, 1.165) is 5.92 Å². The maximum Gasteiger partial charge on any atom is 0.0627 e. The molecule has 3 saturated carbocycles. The molecule has 1 N–H and O–H groups in total. The van der Waals surface area contributed by atoms with E-state index in [1.807, 2.05) is 0 Å². The summed E-state index contributed by atoms with van der Waals surface area (Å²) >= 11 is 0. The van der Waals surface area contributed by atoms with Gasteiger partial charge in [0.2, 0.25) is 0 Å². The minimum atomic E-state index is 0.0793. The summed E-state index contributed by atoms with van der Waals surface area (Å²) in [5, 5.41) is 10.2. The summed E-state index contributed by atoms with van der Waals surface area (Å²) in [6.45, 7) is 0. The zero-order chi connectivity index (χ0) is 8.89. The Labute approximate surface area is 80.5 Å². The number of hydrogen-bond acceptors (Lipinski definition) is 1. The topological polar surface area (TPSA) is 20.2 Å². The average molecular weight is 180 g/mol. The molecule has 0 radical (unpaired) electrons. The molecule has 1 nitrogen and oxygen atoms in total. The number of rotatable bonds is 0. The number of hydrogen-bond donors (Lipinski definition) is 1. The van der Waals surface area contributed by atoms with Crippen molar-refractivity contribution < 1.29 is 5.11 Å². The summed E-state index contributed by atoms with van der Waals surface area (Å²) in [5.41, 5.74) is 0.404. The molecule has 0 aliphatic heterocycles. The Balaban J connectivity index is 1.92. The smallest absolute Gasteiger partial charge is 0.0627 e. The summed E-state index contributed by atoms with van der Waals surface area (Å²) in [6.07, 6.45) is 11.0. The van der Waals surface area contributed by atoms with Crippen LogP contribution in [0.1, 0.15) is 51.4 Å². The number of aliphatic hydroxyl groups excluding tert-OH is 1. The molecule has 13 heavy (non-hydrogen) atoms. The molecule has 0 saturated heterocycles. The Bertz CT molecular complexity index is 213. The maximum absolute atomic E-state index is 10.2. The normalized spacial score (nSPS) is 54.7. The molecule has 74 valence electrons. The molecule has 2 bridgehead atoms. The molecule has 1 heteroatoms. The standard InChI is InChI=1S/C12H20O/c13-11-9-5-7-12(11)6-3-1-2-4-10(12)8-9/h9-11,13H,1-8H2. The molecule has 3 rings (SSSR count). The van der Waals surface area contributed by atoms with Crippen LogP contribution in [-0.2, 0) is 0 Å². The second-order valence-electron chi connectivity index (χ2n) is 5.51. The lowest BCUT2D eigenvalue weighted by Crippen LogP contribution is -2.32. The van der Waals surface area contributed by atoms with Crippen LogP contribution < -0.4 is 0 Å². The van der Waals surface area contributed by atoms with Gasteiger partial charge in [0.15, 0.2) is 0 Å². The van der Waals surface area contributed by atoms with E-state index in [1.165, 1.54) is 51.4 Å². The van der Waals surface area contributed by atoms with Gasteiger partial charge in [-0.1, -0.05) is 19.3 Å². The van der Waals surface area contributed by atoms with Crippen LogP contribution in [0.3, 0.4) is 0 Å². The molecule has 0 aromatic rings. The summed E-state index contributed by atoms with van der Waals surface area (Å²) in [7, 11) is 0. The lowest BCUT2D eigenvalue weighted by molar-refractivity contribution is 0.0316. The Morgan fingerprint density at radius 3 is 2.77 bits per heavy atom. The van der Waals surface area contributed by atoms with Gasteiger partial charge in [0.25, 0.3) is 0 Å². The molecule has 4 atom stereocenters. The van der Waals surface area contributed by atoms with Gasteiger partial charge < -0.3 is 5.11 Å². The summed E-state index contributed by atoms with van der Waals surface area (Å²) in [4.78, 5) is 0. The number of aliphatic hydroxyl groups is 1. The first-order valence-corrected chi connectivity index (χ1v) is 6.01. The van der Waals surface area contributed by atoms with Gasteiger partial charge in [-0.2, -0.15) is 0 Å². The van der Waals surface area contributed by atoms with Crippen molar-refractivity contribution in [2.45, 2.75) is 57.5 Å². The lowest BCUT2D eigenvalue weighted by Gasteiger charge is -2.35. The van der Waals surface area contributed by atoms with E-state index in [0.29, 0.717) is 11.3 Å². The molecule has 0 amide bonds. The predicted molar refractivity (Wildman–Crippen MR) is 52.4 cm³/mol. The first kappa shape index (κ1) is 8.28. The van der Waals surface area contributed by atoms with Crippen LogP contribution >= 0.6 is 0 Å². The van der Waals surface area contributed by atoms with Crippen LogP contribution in [-0.4, -0.2) is 11.2 Å². The van der Waals surface area contributed by atoms with Gasteiger partial charge in [0.1, 0.15) is 0 Å². The van der Waals surface area contributed by atoms with E-state index >= 15 is 0 Å². The van der Waals surface area contributed by atoms with Gasteiger partial charge in [0, 0.05) is 0 Å². The van der Waals surface area contributed by atoms with Gasteiger partial charge in [-0.3, -0.25) is 0 Å². The van der Waals surface area contributed by atoms with Crippen molar-refractivity contribution in [3.63, 3.8) is 0 Å². The van der Waals surface area contributed by atoms with Crippen LogP contribution in [0.4, 0.5) is 0 Å². The first-order chi connectivity index (χ1) is 6.33. The van der Waals surface area contributed by atoms with E-state index in [-0.39, 0.29) is 6.10 Å². The fourth-order valence-electron chi connectivity index (χ4n) is 4.43. The predicted octanol–water partition coefficient (Wildman–Crippen LogP) is 2.73.